The molecule has 12 rings (SSSR count). The Balaban J connectivity index is 0.665. The van der Waals surface area contributed by atoms with Gasteiger partial charge in [-0.25, -0.2) is 18.0 Å². The molecule has 2 amide bonds. The largest absolute Gasteiger partial charge is 0.508 e. The molecule has 3 unspecified atom stereocenters. The summed E-state index contributed by atoms with van der Waals surface area (Å²) in [6, 6.07) is 8.45. The number of piperazine rings is 1. The third kappa shape index (κ3) is 9.08. The lowest BCUT2D eigenvalue weighted by molar-refractivity contribution is -0.135. The van der Waals surface area contributed by atoms with Gasteiger partial charge in [-0.3, -0.25) is 33.9 Å². The van der Waals surface area contributed by atoms with Gasteiger partial charge in [0.1, 0.15) is 46.8 Å². The second kappa shape index (κ2) is 20.0. The maximum Gasteiger partial charge on any atom is 0.330 e. The summed E-state index contributed by atoms with van der Waals surface area (Å²) in [6.45, 7) is 12.5. The van der Waals surface area contributed by atoms with Crippen LogP contribution in [0.3, 0.4) is 0 Å². The number of benzene rings is 3. The van der Waals surface area contributed by atoms with Gasteiger partial charge in [0.25, 0.3) is 0 Å². The number of likely N-dealkylation sites (tertiary alicyclic amines) is 2. The van der Waals surface area contributed by atoms with Crippen molar-refractivity contribution >= 4 is 56.0 Å². The van der Waals surface area contributed by atoms with Crippen LogP contribution in [-0.4, -0.2) is 135 Å². The molecule has 0 aliphatic carbocycles. The third-order valence-electron chi connectivity index (χ3n) is 17.6. The number of anilines is 2. The van der Waals surface area contributed by atoms with Crippen molar-refractivity contribution in [2.24, 2.45) is 11.3 Å². The van der Waals surface area contributed by atoms with Crippen molar-refractivity contribution in [3.8, 4) is 35.4 Å². The Morgan fingerprint density at radius 2 is 1.59 bits per heavy atom. The van der Waals surface area contributed by atoms with Gasteiger partial charge < -0.3 is 29.9 Å². The van der Waals surface area contributed by atoms with Gasteiger partial charge in [-0.15, -0.1) is 6.42 Å². The monoisotopic (exact) mass is 1040 g/mol. The number of phenols is 1. The first kappa shape index (κ1) is 50.1. The molecule has 3 N–H and O–H groups in total. The van der Waals surface area contributed by atoms with Gasteiger partial charge in [-0.1, -0.05) is 12.0 Å². The van der Waals surface area contributed by atoms with E-state index in [0.717, 1.165) is 84.1 Å². The molecule has 6 aliphatic heterocycles. The topological polar surface area (TPSA) is 166 Å². The first-order valence-electron chi connectivity index (χ1n) is 27.2. The highest BCUT2D eigenvalue weighted by Crippen LogP contribution is 2.43. The number of hydrogen-bond acceptors (Lipinski definition) is 13. The number of rotatable bonds is 11. The van der Waals surface area contributed by atoms with E-state index in [9.17, 15) is 19.5 Å². The zero-order chi connectivity index (χ0) is 52.6. The molecule has 16 nitrogen and oxygen atoms in total. The van der Waals surface area contributed by atoms with Crippen molar-refractivity contribution in [3.05, 3.63) is 76.1 Å². The number of imide groups is 1. The Labute approximate surface area is 438 Å². The van der Waals surface area contributed by atoms with Crippen LogP contribution in [0.2, 0.25) is 0 Å². The van der Waals surface area contributed by atoms with E-state index < -0.39 is 35.1 Å². The number of amides is 2. The lowest BCUT2D eigenvalue weighted by atomic mass is 9.71. The zero-order valence-electron chi connectivity index (χ0n) is 43.1. The Bertz CT molecular complexity index is 3370. The first-order chi connectivity index (χ1) is 36.7. The van der Waals surface area contributed by atoms with Gasteiger partial charge >= 0.3 is 11.7 Å². The normalized spacial score (nSPS) is 22.6. The molecule has 0 radical (unpaired) electrons. The molecule has 6 aromatic rings. The predicted molar refractivity (Wildman–Crippen MR) is 284 cm³/mol. The standard InChI is InChI=1S/C57H64F3N11O5/c1-4-39-42(58)8-5-35-27-38(72)28-40(47(35)39)50-49(60)51-41(29-61-50)53(69-31-36-6-7-37(32-69)62-36)65-55(64-51)76-26-25-66-21-15-57(16-22-66)17-23-67(24-18-57)30-34-13-19-68(20-14-34)43-9-10-44-52(48(43)59)70(33(2)3)56(75)71(44)45-11-12-46(73)63-54(45)74/h1,5,8-10,27-29,33-34,36-37,45,62,72H,6-7,11-26,30-32H2,2-3H3,(H,63,73,74). The Kier molecular flexibility index (Phi) is 13.2. The summed E-state index contributed by atoms with van der Waals surface area (Å²) in [6.07, 6.45) is 16.1. The van der Waals surface area contributed by atoms with Crippen molar-refractivity contribution < 1.29 is 32.6 Å². The third-order valence-corrected chi connectivity index (χ3v) is 17.6. The van der Waals surface area contributed by atoms with Crippen LogP contribution in [-0.2, 0) is 9.59 Å². The van der Waals surface area contributed by atoms with Crippen LogP contribution in [0.25, 0.3) is 44.0 Å². The molecule has 19 heteroatoms. The van der Waals surface area contributed by atoms with E-state index in [0.29, 0.717) is 78.5 Å². The number of aromatic hydroxyl groups is 1. The number of piperidine rings is 4. The number of terminal acetylenes is 1. The fraction of sp³-hybridized carbons (Fsp3) is 0.509. The summed E-state index contributed by atoms with van der Waals surface area (Å²) in [4.78, 5) is 61.9. The smallest absolute Gasteiger partial charge is 0.330 e. The van der Waals surface area contributed by atoms with Crippen molar-refractivity contribution in [1.82, 2.24) is 44.5 Å². The maximum atomic E-state index is 17.1. The van der Waals surface area contributed by atoms with Crippen LogP contribution in [0, 0.1) is 41.1 Å². The molecule has 9 heterocycles. The SMILES string of the molecule is C#Cc1c(F)ccc2cc(O)cc(-c3ncc4c(N5CC6CCC(C5)N6)nc(OCCN5CCC6(CC5)CCN(CC5CCN(c7ccc8c(c7F)n(C(C)C)c(=O)n8C7CCC(=O)NC7=O)CC5)CC6)nc4c3F)c12. The van der Waals surface area contributed by atoms with E-state index in [4.69, 9.17) is 16.1 Å². The van der Waals surface area contributed by atoms with E-state index in [1.54, 1.807) is 18.3 Å². The highest BCUT2D eigenvalue weighted by Gasteiger charge is 2.40. The van der Waals surface area contributed by atoms with E-state index in [2.05, 4.69) is 46.1 Å². The lowest BCUT2D eigenvalue weighted by Gasteiger charge is -2.47. The minimum atomic E-state index is -0.878. The van der Waals surface area contributed by atoms with Gasteiger partial charge in [0, 0.05) is 81.0 Å². The maximum absolute atomic E-state index is 17.1. The summed E-state index contributed by atoms with van der Waals surface area (Å²) in [5.41, 5.74) is 0.896. The molecule has 6 fully saturated rings. The van der Waals surface area contributed by atoms with E-state index in [1.807, 2.05) is 13.8 Å². The summed E-state index contributed by atoms with van der Waals surface area (Å²) in [7, 11) is 0. The van der Waals surface area contributed by atoms with Crippen molar-refractivity contribution in [1.29, 1.82) is 0 Å². The van der Waals surface area contributed by atoms with Gasteiger partial charge in [-0.2, -0.15) is 9.97 Å². The Hall–Kier alpha value is -6.75. The van der Waals surface area contributed by atoms with Gasteiger partial charge in [0.2, 0.25) is 11.8 Å². The molecule has 1 spiro atoms. The number of phenolic OH excluding ortho intramolecular Hbond substituents is 1. The molecule has 76 heavy (non-hydrogen) atoms. The number of hydrogen-bond donors (Lipinski definition) is 3. The van der Waals surface area contributed by atoms with Crippen LogP contribution in [0.15, 0.2) is 47.4 Å². The molecule has 6 saturated heterocycles. The van der Waals surface area contributed by atoms with Crippen LogP contribution < -0.4 is 30.9 Å². The van der Waals surface area contributed by atoms with Crippen molar-refractivity contribution in [2.45, 2.75) is 102 Å². The van der Waals surface area contributed by atoms with E-state index >= 15 is 13.2 Å². The number of ether oxygens (including phenoxy) is 1. The average Bonchev–Trinajstić information content (AvgIpc) is 4.07. The number of halogens is 3. The van der Waals surface area contributed by atoms with Gasteiger partial charge in [0.15, 0.2) is 11.6 Å². The number of aromatic nitrogens is 5. The molecular weight excluding hydrogens is 976 g/mol. The quantitative estimate of drug-likeness (QED) is 0.0895. The summed E-state index contributed by atoms with van der Waals surface area (Å²) < 4.78 is 57.9. The number of fused-ring (bicyclic) bond motifs is 5. The summed E-state index contributed by atoms with van der Waals surface area (Å²) in [5, 5.41) is 17.8. The van der Waals surface area contributed by atoms with Crippen LogP contribution in [0.1, 0.15) is 95.7 Å². The van der Waals surface area contributed by atoms with Gasteiger partial charge in [-0.05, 0) is 145 Å². The molecular formula is C57H64F3N11O5. The molecule has 3 atom stereocenters. The number of pyridine rings is 1. The van der Waals surface area contributed by atoms with Crippen LogP contribution in [0.5, 0.6) is 11.8 Å². The number of carbonyl (C=O) groups is 2. The first-order valence-corrected chi connectivity index (χ1v) is 27.2. The lowest BCUT2D eigenvalue weighted by Crippen LogP contribution is -2.51. The minimum Gasteiger partial charge on any atom is -0.508 e. The van der Waals surface area contributed by atoms with Gasteiger partial charge in [0.05, 0.1) is 22.2 Å². The second-order valence-electron chi connectivity index (χ2n) is 22.5. The fourth-order valence-electron chi connectivity index (χ4n) is 13.4. The highest BCUT2D eigenvalue weighted by molar-refractivity contribution is 6.03. The molecule has 3 aromatic heterocycles. The molecule has 0 saturated carbocycles. The fourth-order valence-corrected chi connectivity index (χ4v) is 13.4. The summed E-state index contributed by atoms with van der Waals surface area (Å²) in [5.74, 6) is 0.574. The van der Waals surface area contributed by atoms with Crippen molar-refractivity contribution in [2.75, 3.05) is 81.9 Å². The number of nitrogens with one attached hydrogen (secondary N) is 2. The number of imidazole rings is 1. The Morgan fingerprint density at radius 1 is 0.868 bits per heavy atom. The average molecular weight is 1040 g/mol. The molecule has 398 valence electrons. The number of carbonyl (C=O) groups excluding carboxylic acids is 2. The van der Waals surface area contributed by atoms with Crippen LogP contribution in [0.4, 0.5) is 24.7 Å². The molecule has 2 bridgehead atoms. The summed E-state index contributed by atoms with van der Waals surface area (Å²) >= 11 is 0. The zero-order valence-corrected chi connectivity index (χ0v) is 43.1. The highest BCUT2D eigenvalue weighted by atomic mass is 19.1. The Morgan fingerprint density at radius 3 is 2.29 bits per heavy atom. The minimum absolute atomic E-state index is 0.0221. The van der Waals surface area contributed by atoms with Crippen LogP contribution >= 0.6 is 0 Å². The molecule has 3 aromatic carbocycles. The molecule has 6 aliphatic rings. The van der Waals surface area contributed by atoms with E-state index in [1.165, 1.54) is 33.4 Å². The predicted octanol–water partition coefficient (Wildman–Crippen LogP) is 7.04. The van der Waals surface area contributed by atoms with Crippen molar-refractivity contribution in [3.63, 3.8) is 0 Å². The van der Waals surface area contributed by atoms with E-state index in [-0.39, 0.29) is 81.9 Å². The second-order valence-corrected chi connectivity index (χ2v) is 22.5. The number of nitrogens with zero attached hydrogens (tertiary/aromatic N) is 9.